The summed E-state index contributed by atoms with van der Waals surface area (Å²) in [6.07, 6.45) is 3.09. The summed E-state index contributed by atoms with van der Waals surface area (Å²) in [6.45, 7) is 2.97. The van der Waals surface area contributed by atoms with E-state index >= 15 is 0 Å². The summed E-state index contributed by atoms with van der Waals surface area (Å²) in [5.74, 6) is 3.51. The fourth-order valence-electron chi connectivity index (χ4n) is 3.20. The first kappa shape index (κ1) is 15.2. The van der Waals surface area contributed by atoms with Gasteiger partial charge in [-0.1, -0.05) is 43.3 Å². The van der Waals surface area contributed by atoms with Gasteiger partial charge in [0.25, 0.3) is 0 Å². The molecular formula is C21H22N2O. The molecule has 1 aromatic carbocycles. The molecule has 0 saturated heterocycles. The Morgan fingerprint density at radius 3 is 2.58 bits per heavy atom. The van der Waals surface area contributed by atoms with Crippen molar-refractivity contribution in [3.05, 3.63) is 89.6 Å². The second kappa shape index (κ2) is 6.62. The maximum absolute atomic E-state index is 6.02. The summed E-state index contributed by atoms with van der Waals surface area (Å²) >= 11 is 0. The summed E-state index contributed by atoms with van der Waals surface area (Å²) in [4.78, 5) is 4.53. The molecule has 1 aliphatic rings. The Balaban J connectivity index is 1.51. The van der Waals surface area contributed by atoms with Crippen molar-refractivity contribution in [3.63, 3.8) is 0 Å². The Labute approximate surface area is 142 Å². The highest BCUT2D eigenvalue weighted by Gasteiger charge is 2.36. The van der Waals surface area contributed by atoms with Crippen molar-refractivity contribution in [3.8, 4) is 0 Å². The van der Waals surface area contributed by atoms with Crippen molar-refractivity contribution in [2.45, 2.75) is 31.8 Å². The Kier molecular flexibility index (Phi) is 4.18. The molecule has 0 spiro atoms. The van der Waals surface area contributed by atoms with Crippen LogP contribution in [-0.4, -0.2) is 4.98 Å². The molecule has 3 nitrogen and oxygen atoms in total. The molecule has 2 heterocycles. The standard InChI is InChI=1S/C21H22N2O/c1-15-13-18(15)20-11-10-17(24-20)14-23-21(16-7-3-2-4-8-16)19-9-5-6-12-22-19/h2-12,15,18,21,23H,13-14H2,1H3. The Hall–Kier alpha value is -2.39. The predicted octanol–water partition coefficient (Wildman–Crippen LogP) is 4.68. The van der Waals surface area contributed by atoms with E-state index in [1.807, 2.05) is 24.4 Å². The van der Waals surface area contributed by atoms with Gasteiger partial charge in [0.05, 0.1) is 18.3 Å². The van der Waals surface area contributed by atoms with Gasteiger partial charge in [0.2, 0.25) is 0 Å². The topological polar surface area (TPSA) is 38.1 Å². The molecule has 122 valence electrons. The second-order valence-electron chi connectivity index (χ2n) is 6.60. The molecule has 2 aromatic heterocycles. The highest BCUT2D eigenvalue weighted by Crippen LogP contribution is 2.47. The number of aromatic nitrogens is 1. The van der Waals surface area contributed by atoms with Crippen molar-refractivity contribution in [1.29, 1.82) is 0 Å². The minimum atomic E-state index is 0.0563. The van der Waals surface area contributed by atoms with Crippen LogP contribution in [0.2, 0.25) is 0 Å². The van der Waals surface area contributed by atoms with E-state index < -0.39 is 0 Å². The molecule has 3 atom stereocenters. The fraction of sp³-hybridized carbons (Fsp3) is 0.286. The quantitative estimate of drug-likeness (QED) is 0.717. The van der Waals surface area contributed by atoms with Crippen LogP contribution in [0.4, 0.5) is 0 Å². The van der Waals surface area contributed by atoms with E-state index in [2.05, 4.69) is 59.7 Å². The number of benzene rings is 1. The molecule has 0 aliphatic heterocycles. The van der Waals surface area contributed by atoms with Crippen LogP contribution in [0.25, 0.3) is 0 Å². The van der Waals surface area contributed by atoms with Gasteiger partial charge in [-0.25, -0.2) is 0 Å². The Morgan fingerprint density at radius 1 is 1.08 bits per heavy atom. The van der Waals surface area contributed by atoms with Crippen LogP contribution in [0.3, 0.4) is 0 Å². The summed E-state index contributed by atoms with van der Waals surface area (Å²) < 4.78 is 6.02. The summed E-state index contributed by atoms with van der Waals surface area (Å²) in [6, 6.07) is 20.7. The lowest BCUT2D eigenvalue weighted by Gasteiger charge is -2.18. The van der Waals surface area contributed by atoms with Crippen molar-refractivity contribution < 1.29 is 4.42 Å². The molecule has 24 heavy (non-hydrogen) atoms. The van der Waals surface area contributed by atoms with Gasteiger partial charge >= 0.3 is 0 Å². The number of rotatable bonds is 6. The molecule has 4 rings (SSSR count). The zero-order chi connectivity index (χ0) is 16.4. The first-order valence-electron chi connectivity index (χ1n) is 8.59. The molecule has 0 amide bonds. The smallest absolute Gasteiger partial charge is 0.117 e. The van der Waals surface area contributed by atoms with E-state index in [4.69, 9.17) is 4.42 Å². The third-order valence-electron chi connectivity index (χ3n) is 4.75. The first-order valence-corrected chi connectivity index (χ1v) is 8.59. The SMILES string of the molecule is CC1CC1c1ccc(CNC(c2ccccc2)c2ccccn2)o1. The van der Waals surface area contributed by atoms with Crippen molar-refractivity contribution >= 4 is 0 Å². The second-order valence-corrected chi connectivity index (χ2v) is 6.60. The van der Waals surface area contributed by atoms with E-state index in [1.54, 1.807) is 0 Å². The van der Waals surface area contributed by atoms with Crippen LogP contribution in [0.15, 0.2) is 71.3 Å². The minimum Gasteiger partial charge on any atom is -0.464 e. The monoisotopic (exact) mass is 318 g/mol. The lowest BCUT2D eigenvalue weighted by atomic mass is 10.0. The maximum Gasteiger partial charge on any atom is 0.117 e. The number of hydrogen-bond donors (Lipinski definition) is 1. The number of pyridine rings is 1. The molecule has 3 aromatic rings. The highest BCUT2D eigenvalue weighted by molar-refractivity contribution is 5.28. The molecule has 1 aliphatic carbocycles. The van der Waals surface area contributed by atoms with Gasteiger partial charge in [-0.3, -0.25) is 10.3 Å². The molecule has 0 bridgehead atoms. The molecule has 3 unspecified atom stereocenters. The molecule has 0 radical (unpaired) electrons. The Bertz CT molecular complexity index is 742. The largest absolute Gasteiger partial charge is 0.464 e. The molecule has 1 saturated carbocycles. The van der Waals surface area contributed by atoms with Gasteiger partial charge in [0.15, 0.2) is 0 Å². The maximum atomic E-state index is 6.02. The van der Waals surface area contributed by atoms with Crippen LogP contribution in [0, 0.1) is 5.92 Å². The van der Waals surface area contributed by atoms with Gasteiger partial charge in [-0.05, 0) is 42.2 Å². The average Bonchev–Trinajstić information content (AvgIpc) is 3.18. The predicted molar refractivity (Wildman–Crippen MR) is 94.6 cm³/mol. The minimum absolute atomic E-state index is 0.0563. The normalized spacial score (nSPS) is 20.7. The van der Waals surface area contributed by atoms with E-state index in [0.29, 0.717) is 12.5 Å². The zero-order valence-electron chi connectivity index (χ0n) is 13.9. The molecule has 3 heteroatoms. The van der Waals surface area contributed by atoms with Crippen molar-refractivity contribution in [1.82, 2.24) is 10.3 Å². The van der Waals surface area contributed by atoms with Crippen LogP contribution < -0.4 is 5.32 Å². The van der Waals surface area contributed by atoms with E-state index in [0.717, 1.165) is 23.1 Å². The summed E-state index contributed by atoms with van der Waals surface area (Å²) in [5, 5.41) is 3.60. The van der Waals surface area contributed by atoms with Gasteiger partial charge in [-0.2, -0.15) is 0 Å². The summed E-state index contributed by atoms with van der Waals surface area (Å²) in [7, 11) is 0. The number of furan rings is 1. The lowest BCUT2D eigenvalue weighted by molar-refractivity contribution is 0.433. The third-order valence-corrected chi connectivity index (χ3v) is 4.75. The van der Waals surface area contributed by atoms with Crippen LogP contribution in [0.1, 0.15) is 48.1 Å². The van der Waals surface area contributed by atoms with Gasteiger partial charge < -0.3 is 4.42 Å². The number of nitrogens with zero attached hydrogens (tertiary/aromatic N) is 1. The molecule has 1 fully saturated rings. The van der Waals surface area contributed by atoms with Gasteiger partial charge in [-0.15, -0.1) is 0 Å². The third kappa shape index (κ3) is 3.26. The van der Waals surface area contributed by atoms with Crippen LogP contribution in [-0.2, 0) is 6.54 Å². The first-order chi connectivity index (χ1) is 11.8. The van der Waals surface area contributed by atoms with E-state index in [-0.39, 0.29) is 6.04 Å². The zero-order valence-corrected chi connectivity index (χ0v) is 13.9. The average molecular weight is 318 g/mol. The lowest BCUT2D eigenvalue weighted by Crippen LogP contribution is -2.22. The van der Waals surface area contributed by atoms with E-state index in [1.165, 1.54) is 12.0 Å². The van der Waals surface area contributed by atoms with Crippen molar-refractivity contribution in [2.24, 2.45) is 5.92 Å². The van der Waals surface area contributed by atoms with Gasteiger partial charge in [0.1, 0.15) is 11.5 Å². The summed E-state index contributed by atoms with van der Waals surface area (Å²) in [5.41, 5.74) is 2.23. The molecule has 1 N–H and O–H groups in total. The van der Waals surface area contributed by atoms with E-state index in [9.17, 15) is 0 Å². The van der Waals surface area contributed by atoms with Crippen LogP contribution >= 0.6 is 0 Å². The van der Waals surface area contributed by atoms with Gasteiger partial charge in [0, 0.05) is 12.1 Å². The van der Waals surface area contributed by atoms with Crippen molar-refractivity contribution in [2.75, 3.05) is 0 Å². The highest BCUT2D eigenvalue weighted by atomic mass is 16.3. The number of nitrogens with one attached hydrogen (secondary N) is 1. The number of hydrogen-bond acceptors (Lipinski definition) is 3. The van der Waals surface area contributed by atoms with Crippen LogP contribution in [0.5, 0.6) is 0 Å². The fourth-order valence-corrected chi connectivity index (χ4v) is 3.20. The Morgan fingerprint density at radius 2 is 1.88 bits per heavy atom. The molecular weight excluding hydrogens is 296 g/mol.